The van der Waals surface area contributed by atoms with E-state index >= 15 is 0 Å². The van der Waals surface area contributed by atoms with E-state index in [9.17, 15) is 14.4 Å². The van der Waals surface area contributed by atoms with Gasteiger partial charge in [-0.15, -0.1) is 0 Å². The van der Waals surface area contributed by atoms with Crippen molar-refractivity contribution in [3.05, 3.63) is 29.8 Å². The highest BCUT2D eigenvalue weighted by Crippen LogP contribution is 2.33. The molecule has 2 heterocycles. The minimum absolute atomic E-state index is 0.0355. The molecule has 146 valence electrons. The number of carbonyl (C=O) groups excluding carboxylic acids is 3. The fourth-order valence-electron chi connectivity index (χ4n) is 3.40. The maximum absolute atomic E-state index is 12.1. The molecule has 3 atom stereocenters. The molecule has 3 N–H and O–H groups in total. The topological polar surface area (TPSA) is 96.5 Å². The van der Waals surface area contributed by atoms with Gasteiger partial charge in [0.05, 0.1) is 24.3 Å². The second-order valence-electron chi connectivity index (χ2n) is 6.71. The van der Waals surface area contributed by atoms with Gasteiger partial charge < -0.3 is 20.7 Å². The van der Waals surface area contributed by atoms with Gasteiger partial charge in [0.2, 0.25) is 5.91 Å². The van der Waals surface area contributed by atoms with Crippen LogP contribution in [0.5, 0.6) is 0 Å². The van der Waals surface area contributed by atoms with Crippen molar-refractivity contribution in [1.29, 1.82) is 0 Å². The van der Waals surface area contributed by atoms with Crippen LogP contribution < -0.4 is 16.0 Å². The number of hydrogen-bond donors (Lipinski definition) is 3. The van der Waals surface area contributed by atoms with Gasteiger partial charge in [0.15, 0.2) is 0 Å². The van der Waals surface area contributed by atoms with E-state index in [4.69, 9.17) is 4.74 Å². The van der Waals surface area contributed by atoms with Crippen molar-refractivity contribution in [2.24, 2.45) is 0 Å². The number of anilines is 1. The van der Waals surface area contributed by atoms with E-state index < -0.39 is 0 Å². The summed E-state index contributed by atoms with van der Waals surface area (Å²) in [4.78, 5) is 35.1. The number of urea groups is 1. The third kappa shape index (κ3) is 5.15. The molecule has 1 aromatic rings. The highest BCUT2D eigenvalue weighted by atomic mass is 32.2. The molecule has 2 aliphatic rings. The van der Waals surface area contributed by atoms with Crippen molar-refractivity contribution >= 4 is 35.4 Å². The minimum Gasteiger partial charge on any atom is -0.462 e. The van der Waals surface area contributed by atoms with Gasteiger partial charge in [0.25, 0.3) is 0 Å². The molecule has 3 rings (SSSR count). The van der Waals surface area contributed by atoms with Crippen molar-refractivity contribution in [1.82, 2.24) is 10.6 Å². The van der Waals surface area contributed by atoms with Gasteiger partial charge in [0, 0.05) is 23.1 Å². The zero-order valence-electron chi connectivity index (χ0n) is 15.3. The fourth-order valence-corrected chi connectivity index (χ4v) is 4.95. The van der Waals surface area contributed by atoms with Crippen molar-refractivity contribution in [3.63, 3.8) is 0 Å². The molecule has 0 spiro atoms. The minimum atomic E-state index is -0.365. The largest absolute Gasteiger partial charge is 0.462 e. The Bertz CT molecular complexity index is 695. The van der Waals surface area contributed by atoms with Crippen molar-refractivity contribution in [2.75, 3.05) is 17.7 Å². The summed E-state index contributed by atoms with van der Waals surface area (Å²) >= 11 is 1.89. The van der Waals surface area contributed by atoms with Gasteiger partial charge in [0.1, 0.15) is 0 Å². The number of amides is 3. The summed E-state index contributed by atoms with van der Waals surface area (Å²) in [5, 5.41) is 9.19. The third-order valence-electron chi connectivity index (χ3n) is 4.76. The summed E-state index contributed by atoms with van der Waals surface area (Å²) in [6.07, 6.45) is 3.21. The summed E-state index contributed by atoms with van der Waals surface area (Å²) in [6.45, 7) is 2.10. The highest BCUT2D eigenvalue weighted by molar-refractivity contribution is 8.00. The van der Waals surface area contributed by atoms with Gasteiger partial charge >= 0.3 is 12.0 Å². The molecule has 8 heteroatoms. The zero-order chi connectivity index (χ0) is 19.2. The lowest BCUT2D eigenvalue weighted by Gasteiger charge is -2.16. The van der Waals surface area contributed by atoms with Crippen molar-refractivity contribution < 1.29 is 19.1 Å². The fraction of sp³-hybridized carbons (Fsp3) is 0.526. The quantitative estimate of drug-likeness (QED) is 0.359. The molecule has 27 heavy (non-hydrogen) atoms. The lowest BCUT2D eigenvalue weighted by atomic mass is 10.0. The maximum Gasteiger partial charge on any atom is 0.338 e. The smallest absolute Gasteiger partial charge is 0.338 e. The molecule has 1 aromatic carbocycles. The molecule has 7 nitrogen and oxygen atoms in total. The first-order valence-corrected chi connectivity index (χ1v) is 10.4. The predicted octanol–water partition coefficient (Wildman–Crippen LogP) is 2.53. The van der Waals surface area contributed by atoms with E-state index in [1.54, 1.807) is 31.2 Å². The maximum atomic E-state index is 12.1. The van der Waals surface area contributed by atoms with Crippen LogP contribution in [0.2, 0.25) is 0 Å². The molecular weight excluding hydrogens is 366 g/mol. The lowest BCUT2D eigenvalue weighted by molar-refractivity contribution is -0.116. The zero-order valence-corrected chi connectivity index (χ0v) is 16.1. The monoisotopic (exact) mass is 391 g/mol. The Labute approximate surface area is 163 Å². The van der Waals surface area contributed by atoms with Crippen LogP contribution in [0.1, 0.15) is 43.0 Å². The Hall–Kier alpha value is -2.22. The Morgan fingerprint density at radius 2 is 2.00 bits per heavy atom. The number of fused-ring (bicyclic) bond motifs is 1. The number of esters is 1. The molecule has 0 radical (unpaired) electrons. The van der Waals surface area contributed by atoms with Gasteiger partial charge in [-0.3, -0.25) is 4.79 Å². The van der Waals surface area contributed by atoms with Crippen LogP contribution in [0, 0.1) is 0 Å². The highest BCUT2D eigenvalue weighted by Gasteiger charge is 2.42. The Kier molecular flexibility index (Phi) is 6.60. The van der Waals surface area contributed by atoms with Crippen LogP contribution in [0.15, 0.2) is 24.3 Å². The van der Waals surface area contributed by atoms with Crippen LogP contribution in [-0.4, -0.2) is 47.6 Å². The third-order valence-corrected chi connectivity index (χ3v) is 6.27. The van der Waals surface area contributed by atoms with Crippen molar-refractivity contribution in [2.45, 2.75) is 49.9 Å². The predicted molar refractivity (Wildman–Crippen MR) is 105 cm³/mol. The van der Waals surface area contributed by atoms with Gasteiger partial charge in [-0.2, -0.15) is 11.8 Å². The van der Waals surface area contributed by atoms with Crippen LogP contribution in [-0.2, 0) is 9.53 Å². The Balaban J connectivity index is 1.35. The van der Waals surface area contributed by atoms with Crippen LogP contribution >= 0.6 is 11.8 Å². The summed E-state index contributed by atoms with van der Waals surface area (Å²) < 4.78 is 4.93. The number of rotatable bonds is 8. The average molecular weight is 391 g/mol. The number of nitrogens with one attached hydrogen (secondary N) is 3. The molecule has 0 bridgehead atoms. The van der Waals surface area contributed by atoms with E-state index in [1.807, 2.05) is 11.8 Å². The summed E-state index contributed by atoms with van der Waals surface area (Å²) in [5.74, 6) is 0.554. The SMILES string of the molecule is CCOC(=O)c1ccc(NC(=O)CCCC[C@@H]2SC[C@H]3NC(=O)N[C@H]23)cc1. The molecular formula is C19H25N3O4S. The molecule has 0 aliphatic carbocycles. The standard InChI is InChI=1S/C19H25N3O4S/c1-2-26-18(24)12-7-9-13(10-8-12)20-16(23)6-4-3-5-15-17-14(11-27-15)21-19(25)22-17/h7-10,14-15,17H,2-6,11H2,1H3,(H,20,23)(H2,21,22,25)/t14-,15+,17+/m1/s1. The van der Waals surface area contributed by atoms with E-state index in [2.05, 4.69) is 16.0 Å². The number of carbonyl (C=O) groups is 3. The number of hydrogen-bond acceptors (Lipinski definition) is 5. The summed E-state index contributed by atoms with van der Waals surface area (Å²) in [6, 6.07) is 7.09. The Morgan fingerprint density at radius 1 is 1.22 bits per heavy atom. The van der Waals surface area contributed by atoms with Crippen LogP contribution in [0.25, 0.3) is 0 Å². The molecule has 3 amide bonds. The summed E-state index contributed by atoms with van der Waals surface area (Å²) in [5.41, 5.74) is 1.14. The van der Waals surface area contributed by atoms with Crippen molar-refractivity contribution in [3.8, 4) is 0 Å². The van der Waals surface area contributed by atoms with E-state index in [0.717, 1.165) is 25.0 Å². The van der Waals surface area contributed by atoms with Gasteiger partial charge in [-0.1, -0.05) is 6.42 Å². The molecule has 2 aliphatic heterocycles. The first-order valence-electron chi connectivity index (χ1n) is 9.32. The average Bonchev–Trinajstić information content (AvgIpc) is 3.19. The molecule has 0 saturated carbocycles. The van der Waals surface area contributed by atoms with Gasteiger partial charge in [-0.25, -0.2) is 9.59 Å². The first kappa shape index (κ1) is 19.5. The van der Waals surface area contributed by atoms with Crippen LogP contribution in [0.4, 0.5) is 10.5 Å². The summed E-state index contributed by atoms with van der Waals surface area (Å²) in [7, 11) is 0. The number of ether oxygens (including phenoxy) is 1. The molecule has 0 aromatic heterocycles. The number of benzene rings is 1. The second-order valence-corrected chi connectivity index (χ2v) is 7.99. The van der Waals surface area contributed by atoms with Crippen LogP contribution in [0.3, 0.4) is 0 Å². The normalized spacial score (nSPS) is 23.3. The number of thioether (sulfide) groups is 1. The van der Waals surface area contributed by atoms with E-state index in [1.165, 1.54) is 0 Å². The van der Waals surface area contributed by atoms with E-state index in [0.29, 0.717) is 29.5 Å². The molecule has 2 fully saturated rings. The molecule has 0 unspecified atom stereocenters. The second kappa shape index (κ2) is 9.12. The number of unbranched alkanes of at least 4 members (excludes halogenated alkanes) is 1. The van der Waals surface area contributed by atoms with Gasteiger partial charge in [-0.05, 0) is 44.0 Å². The first-order chi connectivity index (χ1) is 13.1. The lowest BCUT2D eigenvalue weighted by Crippen LogP contribution is -2.36. The Morgan fingerprint density at radius 3 is 2.74 bits per heavy atom. The van der Waals surface area contributed by atoms with E-state index in [-0.39, 0.29) is 30.0 Å². The molecule has 2 saturated heterocycles.